The molecule has 0 saturated heterocycles. The van der Waals surface area contributed by atoms with Crippen LogP contribution in [-0.4, -0.2) is 67.0 Å². The van der Waals surface area contributed by atoms with Crippen LogP contribution in [0.2, 0.25) is 0 Å². The SMILES string of the molecule is COc1cc2c(cc1Nc1ncc3ccc(NCC(=O)N(C)C)cc3n1)CN(C)CC2. The Morgan fingerprint density at radius 1 is 1.23 bits per heavy atom. The van der Waals surface area contributed by atoms with E-state index < -0.39 is 0 Å². The van der Waals surface area contributed by atoms with Crippen LogP contribution in [0.5, 0.6) is 5.75 Å². The van der Waals surface area contributed by atoms with E-state index in [-0.39, 0.29) is 12.5 Å². The molecule has 162 valence electrons. The van der Waals surface area contributed by atoms with Gasteiger partial charge in [0, 0.05) is 44.5 Å². The third kappa shape index (κ3) is 4.69. The fourth-order valence-electron chi connectivity index (χ4n) is 3.64. The molecule has 4 rings (SSSR count). The summed E-state index contributed by atoms with van der Waals surface area (Å²) in [6.45, 7) is 2.19. The molecule has 0 bridgehead atoms. The van der Waals surface area contributed by atoms with Crippen molar-refractivity contribution >= 4 is 34.1 Å². The van der Waals surface area contributed by atoms with Gasteiger partial charge in [-0.15, -0.1) is 0 Å². The predicted octanol–water partition coefficient (Wildman–Crippen LogP) is 2.87. The first-order valence-corrected chi connectivity index (χ1v) is 10.3. The van der Waals surface area contributed by atoms with Crippen molar-refractivity contribution < 1.29 is 9.53 Å². The second-order valence-corrected chi connectivity index (χ2v) is 8.04. The number of benzene rings is 2. The maximum absolute atomic E-state index is 11.8. The maximum atomic E-state index is 11.8. The molecule has 8 heteroatoms. The van der Waals surface area contributed by atoms with Gasteiger partial charge in [-0.2, -0.15) is 0 Å². The normalized spacial score (nSPS) is 13.5. The van der Waals surface area contributed by atoms with Gasteiger partial charge in [0.25, 0.3) is 0 Å². The Bertz CT molecular complexity index is 1110. The Labute approximate surface area is 182 Å². The van der Waals surface area contributed by atoms with E-state index in [0.29, 0.717) is 5.95 Å². The predicted molar refractivity (Wildman–Crippen MR) is 123 cm³/mol. The Balaban J connectivity index is 1.58. The van der Waals surface area contributed by atoms with Gasteiger partial charge in [0.2, 0.25) is 11.9 Å². The van der Waals surface area contributed by atoms with Crippen LogP contribution in [0.1, 0.15) is 11.1 Å². The van der Waals surface area contributed by atoms with Crippen molar-refractivity contribution in [1.82, 2.24) is 19.8 Å². The number of nitrogens with one attached hydrogen (secondary N) is 2. The van der Waals surface area contributed by atoms with E-state index in [2.05, 4.69) is 44.7 Å². The topological polar surface area (TPSA) is 82.6 Å². The molecule has 2 aromatic carbocycles. The van der Waals surface area contributed by atoms with Gasteiger partial charge in [0.1, 0.15) is 5.75 Å². The molecule has 0 radical (unpaired) electrons. The number of hydrogen-bond donors (Lipinski definition) is 2. The summed E-state index contributed by atoms with van der Waals surface area (Å²) in [5.74, 6) is 1.29. The van der Waals surface area contributed by atoms with Crippen molar-refractivity contribution in [3.05, 3.63) is 47.7 Å². The van der Waals surface area contributed by atoms with Crippen LogP contribution in [0.15, 0.2) is 36.5 Å². The van der Waals surface area contributed by atoms with Crippen molar-refractivity contribution in [3.8, 4) is 5.75 Å². The average Bonchev–Trinajstić information content (AvgIpc) is 2.76. The highest BCUT2D eigenvalue weighted by molar-refractivity contribution is 5.85. The highest BCUT2D eigenvalue weighted by atomic mass is 16.5. The number of amides is 1. The van der Waals surface area contributed by atoms with Crippen molar-refractivity contribution in [2.24, 2.45) is 0 Å². The summed E-state index contributed by atoms with van der Waals surface area (Å²) in [7, 11) is 7.28. The van der Waals surface area contributed by atoms with E-state index >= 15 is 0 Å². The average molecular weight is 421 g/mol. The van der Waals surface area contributed by atoms with Gasteiger partial charge in [-0.3, -0.25) is 4.79 Å². The zero-order valence-corrected chi connectivity index (χ0v) is 18.4. The quantitative estimate of drug-likeness (QED) is 0.634. The summed E-state index contributed by atoms with van der Waals surface area (Å²) in [4.78, 5) is 24.8. The maximum Gasteiger partial charge on any atom is 0.241 e. The van der Waals surface area contributed by atoms with E-state index in [1.165, 1.54) is 11.1 Å². The van der Waals surface area contributed by atoms with Crippen LogP contribution in [0.3, 0.4) is 0 Å². The largest absolute Gasteiger partial charge is 0.495 e. The number of anilines is 3. The van der Waals surface area contributed by atoms with Crippen LogP contribution in [0.25, 0.3) is 10.9 Å². The second kappa shape index (κ2) is 8.77. The van der Waals surface area contributed by atoms with Gasteiger partial charge in [0.15, 0.2) is 0 Å². The van der Waals surface area contributed by atoms with E-state index in [9.17, 15) is 4.79 Å². The first-order valence-electron chi connectivity index (χ1n) is 10.3. The molecule has 1 aromatic heterocycles. The lowest BCUT2D eigenvalue weighted by molar-refractivity contribution is -0.126. The van der Waals surface area contributed by atoms with E-state index in [4.69, 9.17) is 4.74 Å². The number of nitrogens with zero attached hydrogens (tertiary/aromatic N) is 4. The van der Waals surface area contributed by atoms with Gasteiger partial charge in [-0.25, -0.2) is 9.97 Å². The molecule has 0 fully saturated rings. The summed E-state index contributed by atoms with van der Waals surface area (Å²) in [6.07, 6.45) is 2.80. The monoisotopic (exact) mass is 420 g/mol. The summed E-state index contributed by atoms with van der Waals surface area (Å²) in [6, 6.07) is 10.0. The number of methoxy groups -OCH3 is 1. The highest BCUT2D eigenvalue weighted by Gasteiger charge is 2.17. The summed E-state index contributed by atoms with van der Waals surface area (Å²) < 4.78 is 5.61. The number of aromatic nitrogens is 2. The molecule has 0 unspecified atom stereocenters. The van der Waals surface area contributed by atoms with Gasteiger partial charge >= 0.3 is 0 Å². The van der Waals surface area contributed by atoms with E-state index in [0.717, 1.165) is 47.5 Å². The summed E-state index contributed by atoms with van der Waals surface area (Å²) in [5.41, 5.74) is 5.08. The van der Waals surface area contributed by atoms with Crippen molar-refractivity contribution in [2.45, 2.75) is 13.0 Å². The molecule has 8 nitrogen and oxygen atoms in total. The van der Waals surface area contributed by atoms with Crippen LogP contribution >= 0.6 is 0 Å². The number of rotatable bonds is 6. The molecule has 0 aliphatic carbocycles. The Morgan fingerprint density at radius 3 is 2.84 bits per heavy atom. The highest BCUT2D eigenvalue weighted by Crippen LogP contribution is 2.33. The first kappa shape index (κ1) is 20.9. The number of carbonyl (C=O) groups is 1. The molecule has 1 aliphatic rings. The molecule has 0 saturated carbocycles. The number of ether oxygens (including phenoxy) is 1. The van der Waals surface area contributed by atoms with Crippen LogP contribution in [0, 0.1) is 0 Å². The molecule has 2 heterocycles. The number of carbonyl (C=O) groups excluding carboxylic acids is 1. The molecular formula is C23H28N6O2. The number of fused-ring (bicyclic) bond motifs is 2. The molecule has 2 N–H and O–H groups in total. The fourth-order valence-corrected chi connectivity index (χ4v) is 3.64. The first-order chi connectivity index (χ1) is 14.9. The fraction of sp³-hybridized carbons (Fsp3) is 0.348. The zero-order valence-electron chi connectivity index (χ0n) is 18.4. The standard InChI is InChI=1S/C23H28N6O2/c1-28(2)22(30)13-24-18-6-5-16-12-25-23(26-19(16)11-18)27-20-9-17-14-29(3)8-7-15(17)10-21(20)31-4/h5-6,9-12,24H,7-8,13-14H2,1-4H3,(H,25,26,27). The lowest BCUT2D eigenvalue weighted by Gasteiger charge is -2.26. The number of likely N-dealkylation sites (N-methyl/N-ethyl adjacent to an activating group) is 2. The Kier molecular flexibility index (Phi) is 5.90. The summed E-state index contributed by atoms with van der Waals surface area (Å²) in [5, 5.41) is 7.39. The Hall–Kier alpha value is -3.39. The molecule has 31 heavy (non-hydrogen) atoms. The van der Waals surface area contributed by atoms with Crippen molar-refractivity contribution in [3.63, 3.8) is 0 Å². The minimum Gasteiger partial charge on any atom is -0.495 e. The molecule has 0 atom stereocenters. The smallest absolute Gasteiger partial charge is 0.241 e. The zero-order chi connectivity index (χ0) is 22.0. The second-order valence-electron chi connectivity index (χ2n) is 8.04. The van der Waals surface area contributed by atoms with Gasteiger partial charge in [0.05, 0.1) is 24.9 Å². The minimum atomic E-state index is 0.00953. The van der Waals surface area contributed by atoms with Crippen LogP contribution in [0.4, 0.5) is 17.3 Å². The lowest BCUT2D eigenvalue weighted by atomic mass is 9.99. The van der Waals surface area contributed by atoms with E-state index in [1.54, 1.807) is 32.3 Å². The third-order valence-electron chi connectivity index (χ3n) is 5.50. The van der Waals surface area contributed by atoms with E-state index in [1.807, 2.05) is 18.2 Å². The lowest BCUT2D eigenvalue weighted by Crippen LogP contribution is -2.28. The minimum absolute atomic E-state index is 0.00953. The molecular weight excluding hydrogens is 392 g/mol. The Morgan fingerprint density at radius 2 is 2.06 bits per heavy atom. The number of hydrogen-bond acceptors (Lipinski definition) is 7. The van der Waals surface area contributed by atoms with Gasteiger partial charge in [-0.1, -0.05) is 0 Å². The van der Waals surface area contributed by atoms with Crippen LogP contribution < -0.4 is 15.4 Å². The molecule has 0 spiro atoms. The van der Waals surface area contributed by atoms with Crippen molar-refractivity contribution in [2.75, 3.05) is 52.0 Å². The van der Waals surface area contributed by atoms with Crippen molar-refractivity contribution in [1.29, 1.82) is 0 Å². The molecule has 1 amide bonds. The van der Waals surface area contributed by atoms with Gasteiger partial charge < -0.3 is 25.2 Å². The summed E-state index contributed by atoms with van der Waals surface area (Å²) >= 11 is 0. The molecule has 3 aromatic rings. The third-order valence-corrected chi connectivity index (χ3v) is 5.50. The van der Waals surface area contributed by atoms with Gasteiger partial charge in [-0.05, 0) is 54.9 Å². The van der Waals surface area contributed by atoms with Crippen LogP contribution in [-0.2, 0) is 17.8 Å². The molecule has 1 aliphatic heterocycles.